The Kier molecular flexibility index (Phi) is 4.99. The van der Waals surface area contributed by atoms with Crippen molar-refractivity contribution in [1.82, 2.24) is 29.4 Å². The monoisotopic (exact) mass is 385 g/mol. The molecule has 0 bridgehead atoms. The molecule has 2 fully saturated rings. The molecule has 3 heterocycles. The Morgan fingerprint density at radius 2 is 2.07 bits per heavy atom. The van der Waals surface area contributed by atoms with E-state index in [2.05, 4.69) is 50.9 Å². The van der Waals surface area contributed by atoms with Crippen molar-refractivity contribution in [3.05, 3.63) is 23.9 Å². The van der Waals surface area contributed by atoms with Crippen molar-refractivity contribution in [1.29, 1.82) is 0 Å². The van der Waals surface area contributed by atoms with E-state index in [1.807, 2.05) is 24.0 Å². The van der Waals surface area contributed by atoms with Crippen molar-refractivity contribution in [3.8, 4) is 0 Å². The zero-order chi connectivity index (χ0) is 19.9. The third kappa shape index (κ3) is 4.11. The fraction of sp³-hybridized carbons (Fsp3) is 0.700. The molecular formula is C20H31N7O. The van der Waals surface area contributed by atoms with Crippen molar-refractivity contribution in [3.63, 3.8) is 0 Å². The molecule has 1 saturated carbocycles. The number of aryl methyl sites for hydroxylation is 1. The maximum Gasteiger partial charge on any atom is 0.239 e. The van der Waals surface area contributed by atoms with Crippen LogP contribution in [0.4, 0.5) is 5.82 Å². The van der Waals surface area contributed by atoms with Gasteiger partial charge in [-0.25, -0.2) is 4.68 Å². The number of nitrogens with zero attached hydrogens (tertiary/aromatic N) is 6. The molecule has 1 N–H and O–H groups in total. The van der Waals surface area contributed by atoms with E-state index < -0.39 is 0 Å². The standard InChI is InChI=1S/C20H31N7O/c1-14-10-17(27(24-14)20(2,3)4)22-18(28)12-25-9-5-6-15(11-25)19-23-21-13-26(19)16-7-8-16/h10,13,15-16H,5-9,11-12H2,1-4H3,(H,22,28). The summed E-state index contributed by atoms with van der Waals surface area (Å²) in [6.07, 6.45) is 6.51. The average molecular weight is 386 g/mol. The van der Waals surface area contributed by atoms with E-state index in [1.165, 1.54) is 12.8 Å². The van der Waals surface area contributed by atoms with Crippen molar-refractivity contribution in [2.24, 2.45) is 0 Å². The first-order chi connectivity index (χ1) is 13.3. The third-order valence-corrected chi connectivity index (χ3v) is 5.51. The number of carbonyl (C=O) groups excluding carboxylic acids is 1. The first-order valence-electron chi connectivity index (χ1n) is 10.3. The minimum absolute atomic E-state index is 0.00899. The van der Waals surface area contributed by atoms with Gasteiger partial charge in [0.25, 0.3) is 0 Å². The summed E-state index contributed by atoms with van der Waals surface area (Å²) < 4.78 is 4.14. The molecular weight excluding hydrogens is 354 g/mol. The molecule has 1 atom stereocenters. The van der Waals surface area contributed by atoms with E-state index >= 15 is 0 Å². The molecule has 2 aromatic rings. The second kappa shape index (κ2) is 7.31. The van der Waals surface area contributed by atoms with Gasteiger partial charge in [-0.1, -0.05) is 0 Å². The molecule has 2 aromatic heterocycles. The van der Waals surface area contributed by atoms with Crippen LogP contribution >= 0.6 is 0 Å². The van der Waals surface area contributed by atoms with Crippen LogP contribution in [0.25, 0.3) is 0 Å². The Morgan fingerprint density at radius 3 is 2.79 bits per heavy atom. The van der Waals surface area contributed by atoms with Gasteiger partial charge in [0.15, 0.2) is 0 Å². The predicted octanol–water partition coefficient (Wildman–Crippen LogP) is 2.69. The Morgan fingerprint density at radius 1 is 1.29 bits per heavy atom. The van der Waals surface area contributed by atoms with Crippen molar-refractivity contribution in [2.75, 3.05) is 25.0 Å². The highest BCUT2D eigenvalue weighted by Crippen LogP contribution is 2.38. The number of rotatable bonds is 5. The SMILES string of the molecule is Cc1cc(NC(=O)CN2CCCC(c3nncn3C3CC3)C2)n(C(C)(C)C)n1. The average Bonchev–Trinajstić information content (AvgIpc) is 3.21. The molecule has 0 radical (unpaired) electrons. The number of hydrogen-bond acceptors (Lipinski definition) is 5. The second-order valence-corrected chi connectivity index (χ2v) is 9.20. The van der Waals surface area contributed by atoms with E-state index in [9.17, 15) is 4.79 Å². The second-order valence-electron chi connectivity index (χ2n) is 9.20. The van der Waals surface area contributed by atoms with Gasteiger partial charge in [-0.2, -0.15) is 5.10 Å². The molecule has 1 unspecified atom stereocenters. The number of hydrogen-bond donors (Lipinski definition) is 1. The van der Waals surface area contributed by atoms with Crippen molar-refractivity contribution < 1.29 is 4.79 Å². The highest BCUT2D eigenvalue weighted by molar-refractivity contribution is 5.91. The molecule has 8 heteroatoms. The molecule has 4 rings (SSSR count). The van der Waals surface area contributed by atoms with Gasteiger partial charge in [0.1, 0.15) is 18.0 Å². The highest BCUT2D eigenvalue weighted by atomic mass is 16.2. The number of nitrogens with one attached hydrogen (secondary N) is 1. The summed E-state index contributed by atoms with van der Waals surface area (Å²) in [6, 6.07) is 2.52. The quantitative estimate of drug-likeness (QED) is 0.856. The normalized spacial score (nSPS) is 21.1. The predicted molar refractivity (Wildman–Crippen MR) is 107 cm³/mol. The lowest BCUT2D eigenvalue weighted by molar-refractivity contribution is -0.117. The van der Waals surface area contributed by atoms with E-state index in [-0.39, 0.29) is 11.4 Å². The van der Waals surface area contributed by atoms with Crippen LogP contribution in [-0.2, 0) is 10.3 Å². The van der Waals surface area contributed by atoms with Crippen LogP contribution in [0, 0.1) is 6.92 Å². The maximum absolute atomic E-state index is 12.7. The number of anilines is 1. The molecule has 152 valence electrons. The number of carbonyl (C=O) groups is 1. The Labute approximate surface area is 166 Å². The lowest BCUT2D eigenvalue weighted by Gasteiger charge is -2.32. The van der Waals surface area contributed by atoms with Crippen LogP contribution in [0.5, 0.6) is 0 Å². The third-order valence-electron chi connectivity index (χ3n) is 5.51. The largest absolute Gasteiger partial charge is 0.314 e. The summed E-state index contributed by atoms with van der Waals surface area (Å²) in [5.74, 6) is 2.22. The summed E-state index contributed by atoms with van der Waals surface area (Å²) in [5, 5.41) is 16.1. The van der Waals surface area contributed by atoms with Crippen molar-refractivity contribution >= 4 is 11.7 Å². The molecule has 2 aliphatic rings. The van der Waals surface area contributed by atoms with Gasteiger partial charge in [0, 0.05) is 24.6 Å². The molecule has 0 aromatic carbocycles. The van der Waals surface area contributed by atoms with Crippen LogP contribution in [0.2, 0.25) is 0 Å². The van der Waals surface area contributed by atoms with Gasteiger partial charge >= 0.3 is 0 Å². The van der Waals surface area contributed by atoms with Crippen LogP contribution < -0.4 is 5.32 Å². The number of amides is 1. The van der Waals surface area contributed by atoms with E-state index in [1.54, 1.807) is 0 Å². The first-order valence-corrected chi connectivity index (χ1v) is 10.3. The van der Waals surface area contributed by atoms with Gasteiger partial charge in [-0.05, 0) is 59.9 Å². The fourth-order valence-electron chi connectivity index (χ4n) is 4.07. The summed E-state index contributed by atoms with van der Waals surface area (Å²) in [6.45, 7) is 10.4. The first kappa shape index (κ1) is 19.1. The maximum atomic E-state index is 12.7. The van der Waals surface area contributed by atoms with Gasteiger partial charge in [0.05, 0.1) is 17.8 Å². The minimum Gasteiger partial charge on any atom is -0.314 e. The summed E-state index contributed by atoms with van der Waals surface area (Å²) >= 11 is 0. The summed E-state index contributed by atoms with van der Waals surface area (Å²) in [7, 11) is 0. The smallest absolute Gasteiger partial charge is 0.239 e. The molecule has 0 spiro atoms. The van der Waals surface area contributed by atoms with Crippen LogP contribution in [-0.4, -0.2) is 55.0 Å². The van der Waals surface area contributed by atoms with Gasteiger partial charge in [-0.15, -0.1) is 10.2 Å². The number of likely N-dealkylation sites (tertiary alicyclic amines) is 1. The zero-order valence-corrected chi connectivity index (χ0v) is 17.4. The van der Waals surface area contributed by atoms with Gasteiger partial charge in [-0.3, -0.25) is 9.69 Å². The molecule has 1 aliphatic heterocycles. The lowest BCUT2D eigenvalue weighted by Crippen LogP contribution is -2.40. The van der Waals surface area contributed by atoms with Gasteiger partial charge in [0.2, 0.25) is 5.91 Å². The highest BCUT2D eigenvalue weighted by Gasteiger charge is 2.32. The Hall–Kier alpha value is -2.22. The summed E-state index contributed by atoms with van der Waals surface area (Å²) in [5.41, 5.74) is 0.725. The Bertz CT molecular complexity index is 843. The lowest BCUT2D eigenvalue weighted by atomic mass is 9.97. The van der Waals surface area contributed by atoms with Crippen LogP contribution in [0.1, 0.15) is 69.9 Å². The molecule has 28 heavy (non-hydrogen) atoms. The van der Waals surface area contributed by atoms with Crippen LogP contribution in [0.3, 0.4) is 0 Å². The van der Waals surface area contributed by atoms with Crippen LogP contribution in [0.15, 0.2) is 12.4 Å². The molecule has 1 amide bonds. The minimum atomic E-state index is -0.181. The molecule has 1 aliphatic carbocycles. The molecule has 1 saturated heterocycles. The fourth-order valence-corrected chi connectivity index (χ4v) is 4.07. The van der Waals surface area contributed by atoms with Crippen molar-refractivity contribution in [2.45, 2.75) is 70.9 Å². The number of piperidine rings is 1. The van der Waals surface area contributed by atoms with E-state index in [0.29, 0.717) is 18.5 Å². The zero-order valence-electron chi connectivity index (χ0n) is 17.4. The van der Waals surface area contributed by atoms with E-state index in [4.69, 9.17) is 0 Å². The van der Waals surface area contributed by atoms with Gasteiger partial charge < -0.3 is 9.88 Å². The Balaban J connectivity index is 1.39. The molecule has 8 nitrogen and oxygen atoms in total. The van der Waals surface area contributed by atoms with E-state index in [0.717, 1.165) is 43.3 Å². The topological polar surface area (TPSA) is 80.9 Å². The number of aromatic nitrogens is 5. The summed E-state index contributed by atoms with van der Waals surface area (Å²) in [4.78, 5) is 15.0.